The maximum atomic E-state index is 5.47. The molecule has 1 aromatic carbocycles. The van der Waals surface area contributed by atoms with Crippen LogP contribution in [0, 0.1) is 5.92 Å². The second kappa shape index (κ2) is 6.15. The van der Waals surface area contributed by atoms with Gasteiger partial charge in [-0.25, -0.2) is 0 Å². The highest BCUT2D eigenvalue weighted by atomic mass is 16.5. The second-order valence-corrected chi connectivity index (χ2v) is 5.14. The summed E-state index contributed by atoms with van der Waals surface area (Å²) in [6, 6.07) is 6.58. The first-order chi connectivity index (χ1) is 9.19. The highest BCUT2D eigenvalue weighted by molar-refractivity contribution is 5.62. The fourth-order valence-corrected chi connectivity index (χ4v) is 2.84. The van der Waals surface area contributed by atoms with Crippen molar-refractivity contribution < 1.29 is 9.47 Å². The summed E-state index contributed by atoms with van der Waals surface area (Å²) in [5, 5.41) is 3.39. The van der Waals surface area contributed by atoms with Crippen molar-refractivity contribution in [2.24, 2.45) is 5.92 Å². The van der Waals surface area contributed by atoms with E-state index in [0.29, 0.717) is 12.0 Å². The maximum absolute atomic E-state index is 5.47. The molecule has 1 N–H and O–H groups in total. The Morgan fingerprint density at radius 1 is 1.26 bits per heavy atom. The minimum absolute atomic E-state index is 0.604. The van der Waals surface area contributed by atoms with Gasteiger partial charge in [-0.05, 0) is 31.5 Å². The molecule has 1 fully saturated rings. The lowest BCUT2D eigenvalue weighted by Gasteiger charge is -2.38. The van der Waals surface area contributed by atoms with Gasteiger partial charge >= 0.3 is 0 Å². The van der Waals surface area contributed by atoms with E-state index in [2.05, 4.69) is 23.2 Å². The Balaban J connectivity index is 2.21. The fraction of sp³-hybridized carbons (Fsp3) is 0.600. The molecule has 1 aliphatic rings. The molecule has 1 aliphatic heterocycles. The molecular formula is C15H24N2O2. The summed E-state index contributed by atoms with van der Waals surface area (Å²) in [5.41, 5.74) is 1.13. The molecule has 4 heteroatoms. The van der Waals surface area contributed by atoms with E-state index in [4.69, 9.17) is 9.47 Å². The maximum Gasteiger partial charge on any atom is 0.142 e. The smallest absolute Gasteiger partial charge is 0.142 e. The zero-order valence-electron chi connectivity index (χ0n) is 12.3. The molecule has 0 aliphatic carbocycles. The van der Waals surface area contributed by atoms with Gasteiger partial charge in [0.1, 0.15) is 11.5 Å². The quantitative estimate of drug-likeness (QED) is 0.903. The van der Waals surface area contributed by atoms with Gasteiger partial charge in [-0.3, -0.25) is 0 Å². The molecule has 0 spiro atoms. The first kappa shape index (κ1) is 14.0. The second-order valence-electron chi connectivity index (χ2n) is 5.14. The van der Waals surface area contributed by atoms with Crippen molar-refractivity contribution >= 4 is 5.69 Å². The van der Waals surface area contributed by atoms with Gasteiger partial charge in [0, 0.05) is 25.2 Å². The molecule has 1 saturated heterocycles. The third kappa shape index (κ3) is 2.95. The highest BCUT2D eigenvalue weighted by Gasteiger charge is 2.26. The van der Waals surface area contributed by atoms with Crippen LogP contribution in [0.5, 0.6) is 11.5 Å². The summed E-state index contributed by atoms with van der Waals surface area (Å²) in [6.45, 7) is 4.37. The van der Waals surface area contributed by atoms with Crippen molar-refractivity contribution in [2.45, 2.75) is 19.4 Å². The number of anilines is 1. The molecule has 0 saturated carbocycles. The normalized spacial score (nSPS) is 23.3. The molecule has 1 heterocycles. The third-order valence-electron chi connectivity index (χ3n) is 4.00. The van der Waals surface area contributed by atoms with Crippen LogP contribution in [0.4, 0.5) is 5.69 Å². The van der Waals surface area contributed by atoms with Crippen molar-refractivity contribution in [3.05, 3.63) is 18.2 Å². The van der Waals surface area contributed by atoms with Gasteiger partial charge in [-0.15, -0.1) is 0 Å². The highest BCUT2D eigenvalue weighted by Crippen LogP contribution is 2.34. The number of hydrogen-bond donors (Lipinski definition) is 1. The molecular weight excluding hydrogens is 240 g/mol. The molecule has 2 rings (SSSR count). The van der Waals surface area contributed by atoms with E-state index in [1.807, 2.05) is 19.2 Å². The van der Waals surface area contributed by atoms with E-state index in [0.717, 1.165) is 36.7 Å². The van der Waals surface area contributed by atoms with E-state index < -0.39 is 0 Å². The van der Waals surface area contributed by atoms with Crippen LogP contribution in [-0.4, -0.2) is 40.4 Å². The zero-order valence-corrected chi connectivity index (χ0v) is 12.3. The minimum Gasteiger partial charge on any atom is -0.497 e. The van der Waals surface area contributed by atoms with Crippen LogP contribution in [0.1, 0.15) is 13.3 Å². The summed E-state index contributed by atoms with van der Waals surface area (Å²) in [5.74, 6) is 2.41. The number of nitrogens with one attached hydrogen (secondary N) is 1. The first-order valence-electron chi connectivity index (χ1n) is 6.83. The SMILES string of the molecule is CNC1CCN(c2cc(OC)ccc2OC)CC1C. The largest absolute Gasteiger partial charge is 0.497 e. The predicted octanol–water partition coefficient (Wildman–Crippen LogP) is 2.14. The molecule has 19 heavy (non-hydrogen) atoms. The van der Waals surface area contributed by atoms with Crippen LogP contribution in [0.15, 0.2) is 18.2 Å². The third-order valence-corrected chi connectivity index (χ3v) is 4.00. The van der Waals surface area contributed by atoms with Gasteiger partial charge in [-0.2, -0.15) is 0 Å². The molecule has 0 radical (unpaired) electrons. The van der Waals surface area contributed by atoms with Gasteiger partial charge in [-0.1, -0.05) is 6.92 Å². The van der Waals surface area contributed by atoms with Crippen LogP contribution in [0.3, 0.4) is 0 Å². The topological polar surface area (TPSA) is 33.7 Å². The Morgan fingerprint density at radius 3 is 2.63 bits per heavy atom. The lowest BCUT2D eigenvalue weighted by atomic mass is 9.93. The first-order valence-corrected chi connectivity index (χ1v) is 6.83. The Morgan fingerprint density at radius 2 is 2.05 bits per heavy atom. The van der Waals surface area contributed by atoms with E-state index in [1.165, 1.54) is 0 Å². The van der Waals surface area contributed by atoms with Gasteiger partial charge < -0.3 is 19.7 Å². The zero-order chi connectivity index (χ0) is 13.8. The molecule has 2 atom stereocenters. The Kier molecular flexibility index (Phi) is 4.53. The molecule has 0 amide bonds. The molecule has 0 aromatic heterocycles. The number of hydrogen-bond acceptors (Lipinski definition) is 4. The summed E-state index contributed by atoms with van der Waals surface area (Å²) >= 11 is 0. The van der Waals surface area contributed by atoms with E-state index in [1.54, 1.807) is 14.2 Å². The van der Waals surface area contributed by atoms with Gasteiger partial charge in [0.2, 0.25) is 0 Å². The standard InChI is InChI=1S/C15H24N2O2/c1-11-10-17(8-7-13(11)16-2)14-9-12(18-3)5-6-15(14)19-4/h5-6,9,11,13,16H,7-8,10H2,1-4H3. The van der Waals surface area contributed by atoms with Crippen molar-refractivity contribution in [1.29, 1.82) is 0 Å². The Bertz CT molecular complexity index is 423. The molecule has 106 valence electrons. The van der Waals surface area contributed by atoms with Crippen molar-refractivity contribution in [3.63, 3.8) is 0 Å². The number of methoxy groups -OCH3 is 2. The fourth-order valence-electron chi connectivity index (χ4n) is 2.84. The van der Waals surface area contributed by atoms with Crippen LogP contribution < -0.4 is 19.7 Å². The van der Waals surface area contributed by atoms with Crippen molar-refractivity contribution in [1.82, 2.24) is 5.32 Å². The number of piperidine rings is 1. The number of benzene rings is 1. The summed E-state index contributed by atoms with van der Waals surface area (Å²) in [7, 11) is 5.46. The van der Waals surface area contributed by atoms with Crippen LogP contribution in [0.2, 0.25) is 0 Å². The van der Waals surface area contributed by atoms with Gasteiger partial charge in [0.15, 0.2) is 0 Å². The average molecular weight is 264 g/mol. The number of rotatable bonds is 4. The van der Waals surface area contributed by atoms with E-state index in [-0.39, 0.29) is 0 Å². The summed E-state index contributed by atoms with van der Waals surface area (Å²) in [4.78, 5) is 2.39. The molecule has 4 nitrogen and oxygen atoms in total. The lowest BCUT2D eigenvalue weighted by molar-refractivity contribution is 0.335. The Labute approximate surface area is 115 Å². The molecule has 1 aromatic rings. The number of ether oxygens (including phenoxy) is 2. The van der Waals surface area contributed by atoms with Gasteiger partial charge in [0.25, 0.3) is 0 Å². The molecule has 0 bridgehead atoms. The number of nitrogens with zero attached hydrogens (tertiary/aromatic N) is 1. The van der Waals surface area contributed by atoms with E-state index in [9.17, 15) is 0 Å². The van der Waals surface area contributed by atoms with Crippen LogP contribution >= 0.6 is 0 Å². The Hall–Kier alpha value is -1.42. The van der Waals surface area contributed by atoms with E-state index >= 15 is 0 Å². The predicted molar refractivity (Wildman–Crippen MR) is 78.4 cm³/mol. The van der Waals surface area contributed by atoms with Crippen LogP contribution in [0.25, 0.3) is 0 Å². The van der Waals surface area contributed by atoms with Gasteiger partial charge in [0.05, 0.1) is 19.9 Å². The summed E-state index contributed by atoms with van der Waals surface area (Å²) in [6.07, 6.45) is 1.15. The monoisotopic (exact) mass is 264 g/mol. The van der Waals surface area contributed by atoms with Crippen LogP contribution in [-0.2, 0) is 0 Å². The summed E-state index contributed by atoms with van der Waals surface area (Å²) < 4.78 is 10.8. The van der Waals surface area contributed by atoms with Crippen molar-refractivity contribution in [3.8, 4) is 11.5 Å². The lowest BCUT2D eigenvalue weighted by Crippen LogP contribution is -2.47. The minimum atomic E-state index is 0.604. The average Bonchev–Trinajstić information content (AvgIpc) is 2.46. The van der Waals surface area contributed by atoms with Crippen molar-refractivity contribution in [2.75, 3.05) is 39.3 Å². The molecule has 2 unspecified atom stereocenters.